The molecule has 3 aromatic rings. The first kappa shape index (κ1) is 20.5. The summed E-state index contributed by atoms with van der Waals surface area (Å²) in [5.41, 5.74) is 5.27. The number of piperazine rings is 1. The van der Waals surface area contributed by atoms with E-state index in [1.165, 1.54) is 5.56 Å². The summed E-state index contributed by atoms with van der Waals surface area (Å²) in [5.74, 6) is 1.10. The molecule has 29 heavy (non-hydrogen) atoms. The first-order chi connectivity index (χ1) is 14.1. The second-order valence-corrected chi connectivity index (χ2v) is 7.03. The van der Waals surface area contributed by atoms with Crippen LogP contribution in [0.15, 0.2) is 55.6 Å². The number of pyridine rings is 2. The van der Waals surface area contributed by atoms with E-state index in [4.69, 9.17) is 0 Å². The zero-order chi connectivity index (χ0) is 20.5. The maximum Gasteiger partial charge on any atom is 0.128 e. The molecular formula is C23H28N6. The molecule has 0 bridgehead atoms. The van der Waals surface area contributed by atoms with Crippen molar-refractivity contribution in [3.05, 3.63) is 78.0 Å². The first-order valence-electron chi connectivity index (χ1n) is 9.79. The summed E-state index contributed by atoms with van der Waals surface area (Å²) in [6.45, 7) is 12.2. The van der Waals surface area contributed by atoms with Gasteiger partial charge in [-0.25, -0.2) is 4.98 Å². The van der Waals surface area contributed by atoms with Crippen molar-refractivity contribution in [1.82, 2.24) is 25.5 Å². The van der Waals surface area contributed by atoms with Crippen LogP contribution in [0.25, 0.3) is 17.7 Å². The highest BCUT2D eigenvalue weighted by Gasteiger charge is 2.10. The highest BCUT2D eigenvalue weighted by molar-refractivity contribution is 5.76. The third-order valence-electron chi connectivity index (χ3n) is 4.57. The van der Waals surface area contributed by atoms with Crippen LogP contribution in [0.5, 0.6) is 0 Å². The zero-order valence-electron chi connectivity index (χ0n) is 17.1. The summed E-state index contributed by atoms with van der Waals surface area (Å²) in [6, 6.07) is 8.13. The third kappa shape index (κ3) is 6.12. The molecule has 2 N–H and O–H groups in total. The van der Waals surface area contributed by atoms with Crippen molar-refractivity contribution in [2.24, 2.45) is 0 Å². The number of aromatic nitrogens is 4. The van der Waals surface area contributed by atoms with E-state index in [0.717, 1.165) is 54.4 Å². The van der Waals surface area contributed by atoms with Crippen LogP contribution in [-0.4, -0.2) is 46.3 Å². The predicted molar refractivity (Wildman–Crippen MR) is 121 cm³/mol. The van der Waals surface area contributed by atoms with Crippen molar-refractivity contribution in [2.45, 2.75) is 13.8 Å². The fourth-order valence-electron chi connectivity index (χ4n) is 2.97. The summed E-state index contributed by atoms with van der Waals surface area (Å²) < 4.78 is 0. The van der Waals surface area contributed by atoms with E-state index in [1.807, 2.05) is 43.6 Å². The Bertz CT molecular complexity index is 922. The highest BCUT2D eigenvalue weighted by atomic mass is 15.2. The van der Waals surface area contributed by atoms with Gasteiger partial charge < -0.3 is 10.2 Å². The Labute approximate surface area is 172 Å². The molecule has 0 radical (unpaired) electrons. The molecule has 0 saturated carbocycles. The topological polar surface area (TPSA) is 69.7 Å². The molecule has 6 heteroatoms. The molecule has 4 rings (SSSR count). The van der Waals surface area contributed by atoms with Gasteiger partial charge in [-0.2, -0.15) is 5.10 Å². The molecule has 3 aromatic heterocycles. The molecule has 0 amide bonds. The average Bonchev–Trinajstić information content (AvgIpc) is 3.24. The Morgan fingerprint density at radius 1 is 1.10 bits per heavy atom. The summed E-state index contributed by atoms with van der Waals surface area (Å²) in [7, 11) is 0. The van der Waals surface area contributed by atoms with Gasteiger partial charge in [-0.05, 0) is 42.7 Å². The van der Waals surface area contributed by atoms with Crippen molar-refractivity contribution >= 4 is 23.5 Å². The lowest BCUT2D eigenvalue weighted by molar-refractivity contribution is 0.585. The quantitative estimate of drug-likeness (QED) is 0.711. The lowest BCUT2D eigenvalue weighted by Crippen LogP contribution is -2.43. The Balaban J connectivity index is 0.000000169. The van der Waals surface area contributed by atoms with E-state index in [-0.39, 0.29) is 0 Å². The van der Waals surface area contributed by atoms with Gasteiger partial charge in [-0.1, -0.05) is 30.9 Å². The number of hydrogen-bond acceptors (Lipinski definition) is 5. The molecule has 0 unspecified atom stereocenters. The molecule has 0 spiro atoms. The van der Waals surface area contributed by atoms with E-state index in [2.05, 4.69) is 56.0 Å². The number of H-pyrrole nitrogens is 1. The smallest absolute Gasteiger partial charge is 0.128 e. The second kappa shape index (κ2) is 10.3. The molecule has 4 heterocycles. The average molecular weight is 389 g/mol. The molecule has 150 valence electrons. The normalized spacial score (nSPS) is 13.8. The van der Waals surface area contributed by atoms with Crippen LogP contribution in [0, 0.1) is 6.92 Å². The van der Waals surface area contributed by atoms with E-state index in [9.17, 15) is 0 Å². The number of aryl methyl sites for hydroxylation is 1. The number of allylic oxidation sites excluding steroid dienone is 1. The summed E-state index contributed by atoms with van der Waals surface area (Å²) in [6.07, 6.45) is 11.3. The van der Waals surface area contributed by atoms with Gasteiger partial charge in [0.05, 0.1) is 11.9 Å². The largest absolute Gasteiger partial charge is 0.354 e. The number of aromatic amines is 1. The SMILES string of the molecule is C=C(C)c1[nH]ncc1/C=C/c1cccnc1.Cc1ccc(N2CCNCC2)nc1. The molecule has 1 fully saturated rings. The van der Waals surface area contributed by atoms with Crippen LogP contribution in [0.1, 0.15) is 29.3 Å². The fourth-order valence-corrected chi connectivity index (χ4v) is 2.97. The molecule has 0 atom stereocenters. The molecule has 0 aromatic carbocycles. The minimum Gasteiger partial charge on any atom is -0.354 e. The minimum absolute atomic E-state index is 0.972. The van der Waals surface area contributed by atoms with Gasteiger partial charge in [0.1, 0.15) is 5.82 Å². The highest BCUT2D eigenvalue weighted by Crippen LogP contribution is 2.16. The van der Waals surface area contributed by atoms with Gasteiger partial charge in [-0.15, -0.1) is 0 Å². The molecule has 1 saturated heterocycles. The maximum atomic E-state index is 4.40. The number of rotatable bonds is 4. The number of nitrogens with zero attached hydrogens (tertiary/aromatic N) is 4. The van der Waals surface area contributed by atoms with Crippen molar-refractivity contribution in [3.63, 3.8) is 0 Å². The lowest BCUT2D eigenvalue weighted by Gasteiger charge is -2.28. The van der Waals surface area contributed by atoms with E-state index >= 15 is 0 Å². The Hall–Kier alpha value is -3.25. The molecule has 0 aliphatic carbocycles. The van der Waals surface area contributed by atoms with Crippen LogP contribution in [-0.2, 0) is 0 Å². The van der Waals surface area contributed by atoms with Crippen molar-refractivity contribution in [3.8, 4) is 0 Å². The molecule has 1 aliphatic rings. The van der Waals surface area contributed by atoms with Crippen LogP contribution in [0.3, 0.4) is 0 Å². The molecule has 1 aliphatic heterocycles. The van der Waals surface area contributed by atoms with Gasteiger partial charge in [0.25, 0.3) is 0 Å². The van der Waals surface area contributed by atoms with Crippen molar-refractivity contribution in [1.29, 1.82) is 0 Å². The molecular weight excluding hydrogens is 360 g/mol. The van der Waals surface area contributed by atoms with Gasteiger partial charge in [-0.3, -0.25) is 10.1 Å². The minimum atomic E-state index is 0.972. The third-order valence-corrected chi connectivity index (χ3v) is 4.57. The maximum absolute atomic E-state index is 4.40. The second-order valence-electron chi connectivity index (χ2n) is 7.03. The molecule has 6 nitrogen and oxygen atoms in total. The lowest BCUT2D eigenvalue weighted by atomic mass is 10.1. The Morgan fingerprint density at radius 2 is 1.93 bits per heavy atom. The predicted octanol–water partition coefficient (Wildman–Crippen LogP) is 3.81. The van der Waals surface area contributed by atoms with Gasteiger partial charge >= 0.3 is 0 Å². The number of hydrogen-bond donors (Lipinski definition) is 2. The Kier molecular flexibility index (Phi) is 7.30. The van der Waals surface area contributed by atoms with Crippen LogP contribution in [0.2, 0.25) is 0 Å². The van der Waals surface area contributed by atoms with Crippen LogP contribution < -0.4 is 10.2 Å². The van der Waals surface area contributed by atoms with Crippen LogP contribution >= 0.6 is 0 Å². The Morgan fingerprint density at radius 3 is 2.59 bits per heavy atom. The number of anilines is 1. The van der Waals surface area contributed by atoms with Crippen molar-refractivity contribution < 1.29 is 0 Å². The van der Waals surface area contributed by atoms with Crippen LogP contribution in [0.4, 0.5) is 5.82 Å². The summed E-state index contributed by atoms with van der Waals surface area (Å²) in [4.78, 5) is 10.8. The van der Waals surface area contributed by atoms with Gasteiger partial charge in [0.2, 0.25) is 0 Å². The first-order valence-corrected chi connectivity index (χ1v) is 9.79. The van der Waals surface area contributed by atoms with Gasteiger partial charge in [0, 0.05) is 50.3 Å². The van der Waals surface area contributed by atoms with E-state index in [0.29, 0.717) is 0 Å². The summed E-state index contributed by atoms with van der Waals surface area (Å²) >= 11 is 0. The standard InChI is InChI=1S/C13H13N3.C10H15N3/c1-10(2)13-12(9-15-16-13)6-5-11-4-3-7-14-8-11;1-9-2-3-10(12-8-9)13-6-4-11-5-7-13/h3-9H,1H2,2H3,(H,15,16);2-3,8,11H,4-7H2,1H3/b6-5+;. The fraction of sp³-hybridized carbons (Fsp3) is 0.261. The summed E-state index contributed by atoms with van der Waals surface area (Å²) in [5, 5.41) is 10.3. The monoisotopic (exact) mass is 388 g/mol. The van der Waals surface area contributed by atoms with Crippen molar-refractivity contribution in [2.75, 3.05) is 31.1 Å². The van der Waals surface area contributed by atoms with Gasteiger partial charge in [0.15, 0.2) is 0 Å². The zero-order valence-corrected chi connectivity index (χ0v) is 17.1. The van der Waals surface area contributed by atoms with E-state index in [1.54, 1.807) is 12.4 Å². The van der Waals surface area contributed by atoms with E-state index < -0.39 is 0 Å². The number of nitrogens with one attached hydrogen (secondary N) is 2.